The van der Waals surface area contributed by atoms with E-state index in [-0.39, 0.29) is 0 Å². The Hall–Kier alpha value is -2.10. The zero-order valence-corrected chi connectivity index (χ0v) is 9.77. The van der Waals surface area contributed by atoms with E-state index < -0.39 is 0 Å². The molecule has 2 aromatic rings. The summed E-state index contributed by atoms with van der Waals surface area (Å²) in [7, 11) is 0. The third kappa shape index (κ3) is 2.20. The van der Waals surface area contributed by atoms with Gasteiger partial charge in [-0.1, -0.05) is 5.16 Å². The van der Waals surface area contributed by atoms with Gasteiger partial charge in [-0.05, 0) is 38.1 Å². The first kappa shape index (κ1) is 11.4. The van der Waals surface area contributed by atoms with Crippen molar-refractivity contribution in [3.05, 3.63) is 35.5 Å². The van der Waals surface area contributed by atoms with Gasteiger partial charge in [0.05, 0.1) is 17.9 Å². The van der Waals surface area contributed by atoms with Gasteiger partial charge in [0.2, 0.25) is 0 Å². The molecule has 0 amide bonds. The van der Waals surface area contributed by atoms with Gasteiger partial charge in [-0.15, -0.1) is 0 Å². The summed E-state index contributed by atoms with van der Waals surface area (Å²) in [6.07, 6.45) is 0.762. The van der Waals surface area contributed by atoms with Crippen molar-refractivity contribution in [3.63, 3.8) is 0 Å². The molecule has 0 spiro atoms. The average Bonchev–Trinajstić information content (AvgIpc) is 2.72. The van der Waals surface area contributed by atoms with E-state index in [1.807, 2.05) is 31.2 Å². The van der Waals surface area contributed by atoms with Crippen molar-refractivity contribution < 1.29 is 14.1 Å². The van der Waals surface area contributed by atoms with Crippen molar-refractivity contribution in [3.8, 4) is 17.1 Å². The summed E-state index contributed by atoms with van der Waals surface area (Å²) in [6.45, 7) is 4.30. The lowest BCUT2D eigenvalue weighted by molar-refractivity contribution is 0.112. The van der Waals surface area contributed by atoms with Gasteiger partial charge in [-0.2, -0.15) is 0 Å². The van der Waals surface area contributed by atoms with Gasteiger partial charge in [-0.25, -0.2) is 0 Å². The van der Waals surface area contributed by atoms with E-state index in [0.29, 0.717) is 23.6 Å². The molecule has 1 heterocycles. The summed E-state index contributed by atoms with van der Waals surface area (Å²) < 4.78 is 10.5. The van der Waals surface area contributed by atoms with Gasteiger partial charge in [0, 0.05) is 5.56 Å². The molecule has 0 aliphatic heterocycles. The molecule has 0 bridgehead atoms. The van der Waals surface area contributed by atoms with Crippen LogP contribution in [0.4, 0.5) is 0 Å². The van der Waals surface area contributed by atoms with Crippen molar-refractivity contribution in [2.75, 3.05) is 6.61 Å². The standard InChI is InChI=1S/C13H13NO3/c1-3-16-11-6-4-10(5-7-11)13-12(8-15)9(2)14-17-13/h4-8H,3H2,1-2H3. The van der Waals surface area contributed by atoms with Crippen LogP contribution in [0.5, 0.6) is 5.75 Å². The molecule has 4 nitrogen and oxygen atoms in total. The summed E-state index contributed by atoms with van der Waals surface area (Å²) in [5.74, 6) is 1.29. The lowest BCUT2D eigenvalue weighted by atomic mass is 10.1. The Labute approximate surface area is 99.2 Å². The highest BCUT2D eigenvalue weighted by Gasteiger charge is 2.13. The lowest BCUT2D eigenvalue weighted by Gasteiger charge is -2.03. The maximum atomic E-state index is 10.9. The number of ether oxygens (including phenoxy) is 1. The average molecular weight is 231 g/mol. The number of aryl methyl sites for hydroxylation is 1. The second-order valence-corrected chi connectivity index (χ2v) is 3.59. The highest BCUT2D eigenvalue weighted by Crippen LogP contribution is 2.26. The topological polar surface area (TPSA) is 52.3 Å². The van der Waals surface area contributed by atoms with Crippen LogP contribution in [-0.4, -0.2) is 18.0 Å². The van der Waals surface area contributed by atoms with E-state index in [1.165, 1.54) is 0 Å². The number of aldehydes is 1. The number of benzene rings is 1. The Morgan fingerprint density at radius 1 is 1.35 bits per heavy atom. The minimum Gasteiger partial charge on any atom is -0.494 e. The van der Waals surface area contributed by atoms with Gasteiger partial charge in [0.1, 0.15) is 5.75 Å². The number of hydrogen-bond donors (Lipinski definition) is 0. The van der Waals surface area contributed by atoms with Gasteiger partial charge in [-0.3, -0.25) is 4.79 Å². The van der Waals surface area contributed by atoms with Crippen molar-refractivity contribution >= 4 is 6.29 Å². The number of carbonyl (C=O) groups is 1. The van der Waals surface area contributed by atoms with E-state index in [9.17, 15) is 4.79 Å². The second-order valence-electron chi connectivity index (χ2n) is 3.59. The molecule has 0 saturated carbocycles. The predicted octanol–water partition coefficient (Wildman–Crippen LogP) is 2.86. The van der Waals surface area contributed by atoms with E-state index in [2.05, 4.69) is 5.16 Å². The molecule has 4 heteroatoms. The smallest absolute Gasteiger partial charge is 0.177 e. The summed E-state index contributed by atoms with van der Waals surface area (Å²) in [6, 6.07) is 7.37. The number of nitrogens with zero attached hydrogens (tertiary/aromatic N) is 1. The number of rotatable bonds is 4. The van der Waals surface area contributed by atoms with Crippen LogP contribution in [0.3, 0.4) is 0 Å². The van der Waals surface area contributed by atoms with Gasteiger partial charge in [0.15, 0.2) is 12.0 Å². The van der Waals surface area contributed by atoms with Gasteiger partial charge < -0.3 is 9.26 Å². The first-order chi connectivity index (χ1) is 8.26. The van der Waals surface area contributed by atoms with E-state index in [0.717, 1.165) is 17.6 Å². The summed E-state index contributed by atoms with van der Waals surface area (Å²) in [5, 5.41) is 3.79. The third-order valence-corrected chi connectivity index (χ3v) is 2.45. The quantitative estimate of drug-likeness (QED) is 0.759. The second kappa shape index (κ2) is 4.82. The van der Waals surface area contributed by atoms with Crippen LogP contribution in [-0.2, 0) is 0 Å². The van der Waals surface area contributed by atoms with E-state index in [4.69, 9.17) is 9.26 Å². The van der Waals surface area contributed by atoms with Crippen molar-refractivity contribution in [2.24, 2.45) is 0 Å². The fraction of sp³-hybridized carbons (Fsp3) is 0.231. The summed E-state index contributed by atoms with van der Waals surface area (Å²) in [4.78, 5) is 10.9. The molecule has 1 aromatic carbocycles. The monoisotopic (exact) mass is 231 g/mol. The highest BCUT2D eigenvalue weighted by atomic mass is 16.5. The van der Waals surface area contributed by atoms with Crippen LogP contribution in [0, 0.1) is 6.92 Å². The highest BCUT2D eigenvalue weighted by molar-refractivity contribution is 5.86. The zero-order chi connectivity index (χ0) is 12.3. The van der Waals surface area contributed by atoms with Crippen molar-refractivity contribution in [2.45, 2.75) is 13.8 Å². The fourth-order valence-electron chi connectivity index (χ4n) is 1.59. The zero-order valence-electron chi connectivity index (χ0n) is 9.77. The minimum absolute atomic E-state index is 0.495. The molecule has 0 atom stereocenters. The van der Waals surface area contributed by atoms with Gasteiger partial charge >= 0.3 is 0 Å². The molecular weight excluding hydrogens is 218 g/mol. The third-order valence-electron chi connectivity index (χ3n) is 2.45. The first-order valence-corrected chi connectivity index (χ1v) is 5.41. The Balaban J connectivity index is 2.36. The molecule has 88 valence electrons. The SMILES string of the molecule is CCOc1ccc(-c2onc(C)c2C=O)cc1. The van der Waals surface area contributed by atoms with E-state index in [1.54, 1.807) is 6.92 Å². The molecule has 0 fully saturated rings. The Bertz CT molecular complexity index is 514. The van der Waals surface area contributed by atoms with Crippen LogP contribution in [0.25, 0.3) is 11.3 Å². The van der Waals surface area contributed by atoms with Crippen LogP contribution >= 0.6 is 0 Å². The number of aromatic nitrogens is 1. The minimum atomic E-state index is 0.495. The first-order valence-electron chi connectivity index (χ1n) is 5.41. The van der Waals surface area contributed by atoms with Crippen molar-refractivity contribution in [1.82, 2.24) is 5.16 Å². The molecule has 2 rings (SSSR count). The van der Waals surface area contributed by atoms with Crippen molar-refractivity contribution in [1.29, 1.82) is 0 Å². The molecule has 0 N–H and O–H groups in total. The van der Waals surface area contributed by atoms with Crippen LogP contribution < -0.4 is 4.74 Å². The van der Waals surface area contributed by atoms with Crippen LogP contribution in [0.2, 0.25) is 0 Å². The Morgan fingerprint density at radius 3 is 2.65 bits per heavy atom. The molecule has 0 aliphatic carbocycles. The Morgan fingerprint density at radius 2 is 2.06 bits per heavy atom. The molecule has 1 aromatic heterocycles. The molecule has 0 saturated heterocycles. The largest absolute Gasteiger partial charge is 0.494 e. The molecule has 0 aliphatic rings. The molecule has 17 heavy (non-hydrogen) atoms. The van der Waals surface area contributed by atoms with Crippen LogP contribution in [0.1, 0.15) is 23.0 Å². The fourth-order valence-corrected chi connectivity index (χ4v) is 1.59. The van der Waals surface area contributed by atoms with Crippen LogP contribution in [0.15, 0.2) is 28.8 Å². The normalized spacial score (nSPS) is 10.2. The van der Waals surface area contributed by atoms with E-state index >= 15 is 0 Å². The summed E-state index contributed by atoms with van der Waals surface area (Å²) >= 11 is 0. The molecular formula is C13H13NO3. The predicted molar refractivity (Wildman–Crippen MR) is 63.2 cm³/mol. The Kier molecular flexibility index (Phi) is 3.23. The maximum Gasteiger partial charge on any atom is 0.177 e. The molecule has 0 radical (unpaired) electrons. The lowest BCUT2D eigenvalue weighted by Crippen LogP contribution is -1.91. The number of carbonyl (C=O) groups excluding carboxylic acids is 1. The summed E-state index contributed by atoms with van der Waals surface area (Å²) in [5.41, 5.74) is 1.91. The maximum absolute atomic E-state index is 10.9. The molecule has 0 unspecified atom stereocenters. The number of hydrogen-bond acceptors (Lipinski definition) is 4. The van der Waals surface area contributed by atoms with Gasteiger partial charge in [0.25, 0.3) is 0 Å².